The molecule has 0 radical (unpaired) electrons. The Morgan fingerprint density at radius 3 is 2.76 bits per heavy atom. The monoisotopic (exact) mass is 278 g/mol. The minimum atomic E-state index is -0.585. The van der Waals surface area contributed by atoms with Gasteiger partial charge in [0, 0.05) is 24.2 Å². The van der Waals surface area contributed by atoms with Crippen LogP contribution in [0, 0.1) is 5.82 Å². The zero-order valence-electron chi connectivity index (χ0n) is 9.03. The number of nitrogens with two attached hydrogens (primary N) is 1. The van der Waals surface area contributed by atoms with Crippen LogP contribution in [0.2, 0.25) is 5.02 Å². The van der Waals surface area contributed by atoms with Crippen LogP contribution in [0.1, 0.15) is 16.8 Å². The Kier molecular flexibility index (Phi) is 4.74. The van der Waals surface area contributed by atoms with Crippen LogP contribution in [0.5, 0.6) is 0 Å². The van der Waals surface area contributed by atoms with Crippen molar-refractivity contribution in [1.29, 1.82) is 0 Å². The quantitative estimate of drug-likeness (QED) is 0.855. The number of hydrogen-bond donors (Lipinski definition) is 1. The van der Waals surface area contributed by atoms with E-state index in [-0.39, 0.29) is 34.9 Å². The first kappa shape index (κ1) is 14.2. The third-order valence-corrected chi connectivity index (χ3v) is 2.91. The van der Waals surface area contributed by atoms with Gasteiger partial charge in [-0.1, -0.05) is 11.6 Å². The minimum Gasteiger partial charge on any atom is -0.337 e. The van der Waals surface area contributed by atoms with Crippen LogP contribution in [0.25, 0.3) is 0 Å². The van der Waals surface area contributed by atoms with E-state index < -0.39 is 5.82 Å². The van der Waals surface area contributed by atoms with Gasteiger partial charge in [-0.2, -0.15) is 0 Å². The van der Waals surface area contributed by atoms with Crippen molar-refractivity contribution in [2.75, 3.05) is 13.1 Å². The van der Waals surface area contributed by atoms with Crippen molar-refractivity contribution in [2.24, 2.45) is 5.73 Å². The predicted octanol–water partition coefficient (Wildman–Crippen LogP) is 2.07. The van der Waals surface area contributed by atoms with Crippen LogP contribution in [0.15, 0.2) is 18.2 Å². The zero-order chi connectivity index (χ0) is 11.7. The van der Waals surface area contributed by atoms with Gasteiger partial charge in [-0.3, -0.25) is 4.79 Å². The highest BCUT2D eigenvalue weighted by Gasteiger charge is 2.26. The summed E-state index contributed by atoms with van der Waals surface area (Å²) in [6, 6.07) is 4.06. The second-order valence-corrected chi connectivity index (χ2v) is 4.36. The first-order chi connectivity index (χ1) is 7.58. The first-order valence-electron chi connectivity index (χ1n) is 5.08. The summed E-state index contributed by atoms with van der Waals surface area (Å²) in [6.45, 7) is 1.07. The second-order valence-electron chi connectivity index (χ2n) is 3.92. The topological polar surface area (TPSA) is 46.3 Å². The Hall–Kier alpha value is -0.840. The lowest BCUT2D eigenvalue weighted by Crippen LogP contribution is -2.32. The summed E-state index contributed by atoms with van der Waals surface area (Å²) in [5, 5.41) is 0.284. The van der Waals surface area contributed by atoms with Crippen LogP contribution in [0.3, 0.4) is 0 Å². The van der Waals surface area contributed by atoms with E-state index in [0.717, 1.165) is 12.5 Å². The van der Waals surface area contributed by atoms with E-state index in [4.69, 9.17) is 17.3 Å². The molecule has 1 aliphatic rings. The molecule has 1 aliphatic heterocycles. The van der Waals surface area contributed by atoms with Crippen molar-refractivity contribution in [1.82, 2.24) is 4.90 Å². The smallest absolute Gasteiger partial charge is 0.256 e. The number of likely N-dealkylation sites (tertiary alicyclic amines) is 1. The lowest BCUT2D eigenvalue weighted by molar-refractivity contribution is 0.0786. The Balaban J connectivity index is 0.00000144. The fraction of sp³-hybridized carbons (Fsp3) is 0.364. The molecule has 6 heteroatoms. The van der Waals surface area contributed by atoms with E-state index in [9.17, 15) is 9.18 Å². The van der Waals surface area contributed by atoms with E-state index in [0.29, 0.717) is 13.1 Å². The summed E-state index contributed by atoms with van der Waals surface area (Å²) in [6.07, 6.45) is 0.765. The predicted molar refractivity (Wildman–Crippen MR) is 67.2 cm³/mol. The van der Waals surface area contributed by atoms with Gasteiger partial charge in [-0.25, -0.2) is 4.39 Å². The van der Waals surface area contributed by atoms with Gasteiger partial charge in [0.05, 0.1) is 5.56 Å². The number of hydrogen-bond acceptors (Lipinski definition) is 2. The third-order valence-electron chi connectivity index (χ3n) is 2.67. The fourth-order valence-corrected chi connectivity index (χ4v) is 1.96. The molecule has 1 heterocycles. The molecule has 1 aromatic carbocycles. The van der Waals surface area contributed by atoms with Gasteiger partial charge in [0.15, 0.2) is 0 Å². The molecule has 0 spiro atoms. The number of amides is 1. The molecule has 2 rings (SSSR count). The van der Waals surface area contributed by atoms with Crippen LogP contribution < -0.4 is 5.73 Å². The summed E-state index contributed by atoms with van der Waals surface area (Å²) in [5.41, 5.74) is 5.75. The summed E-state index contributed by atoms with van der Waals surface area (Å²) in [4.78, 5) is 13.5. The van der Waals surface area contributed by atoms with E-state index in [1.807, 2.05) is 0 Å². The van der Waals surface area contributed by atoms with Gasteiger partial charge in [-0.05, 0) is 24.6 Å². The van der Waals surface area contributed by atoms with E-state index >= 15 is 0 Å². The van der Waals surface area contributed by atoms with Crippen LogP contribution in [-0.4, -0.2) is 29.9 Å². The Morgan fingerprint density at radius 1 is 1.53 bits per heavy atom. The van der Waals surface area contributed by atoms with Crippen LogP contribution >= 0.6 is 24.0 Å². The van der Waals surface area contributed by atoms with Gasteiger partial charge >= 0.3 is 0 Å². The first-order valence-corrected chi connectivity index (χ1v) is 5.45. The summed E-state index contributed by atoms with van der Waals surface area (Å²) in [7, 11) is 0. The normalized spacial score (nSPS) is 19.0. The fourth-order valence-electron chi connectivity index (χ4n) is 1.81. The van der Waals surface area contributed by atoms with Crippen molar-refractivity contribution in [3.63, 3.8) is 0 Å². The SMILES string of the molecule is Cl.N[C@H]1CCN(C(=O)c2ccc(Cl)cc2F)C1. The third kappa shape index (κ3) is 3.09. The van der Waals surface area contributed by atoms with Gasteiger partial charge in [0.1, 0.15) is 5.82 Å². The molecule has 2 N–H and O–H groups in total. The molecule has 94 valence electrons. The van der Waals surface area contributed by atoms with Crippen molar-refractivity contribution in [3.05, 3.63) is 34.6 Å². The average Bonchev–Trinajstić information content (AvgIpc) is 2.64. The number of carbonyl (C=O) groups excluding carboxylic acids is 1. The van der Waals surface area contributed by atoms with Crippen LogP contribution in [0.4, 0.5) is 4.39 Å². The maximum absolute atomic E-state index is 13.5. The van der Waals surface area contributed by atoms with E-state index in [2.05, 4.69) is 0 Å². The highest BCUT2D eigenvalue weighted by atomic mass is 35.5. The summed E-state index contributed by atoms with van der Waals surface area (Å²) < 4.78 is 13.5. The molecule has 0 bridgehead atoms. The second kappa shape index (κ2) is 5.67. The molecule has 1 atom stereocenters. The number of carbonyl (C=O) groups is 1. The van der Waals surface area contributed by atoms with Crippen molar-refractivity contribution >= 4 is 29.9 Å². The van der Waals surface area contributed by atoms with Gasteiger partial charge < -0.3 is 10.6 Å². The zero-order valence-corrected chi connectivity index (χ0v) is 10.6. The Labute approximate surface area is 110 Å². The molecule has 1 aromatic rings. The van der Waals surface area contributed by atoms with Gasteiger partial charge in [0.25, 0.3) is 5.91 Å². The molecule has 3 nitrogen and oxygen atoms in total. The molecule has 1 saturated heterocycles. The maximum Gasteiger partial charge on any atom is 0.256 e. The lowest BCUT2D eigenvalue weighted by Gasteiger charge is -2.16. The molecule has 0 unspecified atom stereocenters. The molecule has 0 aromatic heterocycles. The maximum atomic E-state index is 13.5. The molecule has 1 amide bonds. The Bertz CT molecular complexity index is 428. The molecule has 17 heavy (non-hydrogen) atoms. The molecule has 0 aliphatic carbocycles. The summed E-state index contributed by atoms with van der Waals surface area (Å²) >= 11 is 5.62. The largest absolute Gasteiger partial charge is 0.337 e. The number of benzene rings is 1. The molecule has 1 fully saturated rings. The average molecular weight is 279 g/mol. The molecular formula is C11H13Cl2FN2O. The van der Waals surface area contributed by atoms with Crippen molar-refractivity contribution in [2.45, 2.75) is 12.5 Å². The van der Waals surface area contributed by atoms with Crippen molar-refractivity contribution < 1.29 is 9.18 Å². The standard InChI is InChI=1S/C11H12ClFN2O.ClH/c12-7-1-2-9(10(13)5-7)11(16)15-4-3-8(14)6-15;/h1-2,5,8H,3-4,6,14H2;1H/t8-;/m0./s1. The Morgan fingerprint density at radius 2 is 2.24 bits per heavy atom. The van der Waals surface area contributed by atoms with Crippen molar-refractivity contribution in [3.8, 4) is 0 Å². The highest BCUT2D eigenvalue weighted by Crippen LogP contribution is 2.18. The minimum absolute atomic E-state index is 0. The number of halogens is 3. The van der Waals surface area contributed by atoms with E-state index in [1.165, 1.54) is 12.1 Å². The summed E-state index contributed by atoms with van der Waals surface area (Å²) in [5.74, 6) is -0.903. The van der Waals surface area contributed by atoms with Crippen LogP contribution in [-0.2, 0) is 0 Å². The number of nitrogens with zero attached hydrogens (tertiary/aromatic N) is 1. The molecule has 0 saturated carbocycles. The van der Waals surface area contributed by atoms with E-state index in [1.54, 1.807) is 4.90 Å². The molecular weight excluding hydrogens is 266 g/mol. The lowest BCUT2D eigenvalue weighted by atomic mass is 10.2. The van der Waals surface area contributed by atoms with Gasteiger partial charge in [0.2, 0.25) is 0 Å². The highest BCUT2D eigenvalue weighted by molar-refractivity contribution is 6.30. The van der Waals surface area contributed by atoms with Gasteiger partial charge in [-0.15, -0.1) is 12.4 Å². The number of rotatable bonds is 1.